The average Bonchev–Trinajstić information content (AvgIpc) is 2.81. The van der Waals surface area contributed by atoms with E-state index in [4.69, 9.17) is 0 Å². The van der Waals surface area contributed by atoms with Gasteiger partial charge in [-0.05, 0) is 30.9 Å². The molecule has 0 bridgehead atoms. The van der Waals surface area contributed by atoms with Crippen molar-refractivity contribution in [1.29, 1.82) is 0 Å². The summed E-state index contributed by atoms with van der Waals surface area (Å²) in [5.41, 5.74) is 2.16. The van der Waals surface area contributed by atoms with Crippen LogP contribution in [0.3, 0.4) is 0 Å². The van der Waals surface area contributed by atoms with Gasteiger partial charge in [0, 0.05) is 44.1 Å². The molecule has 31 heavy (non-hydrogen) atoms. The number of likely N-dealkylation sites (tertiary alicyclic amines) is 1. The highest BCUT2D eigenvalue weighted by molar-refractivity contribution is 6.06. The molecule has 6 nitrogen and oxygen atoms in total. The Labute approximate surface area is 181 Å². The fourth-order valence-electron chi connectivity index (χ4n) is 4.19. The van der Waals surface area contributed by atoms with Crippen LogP contribution < -0.4 is 10.9 Å². The lowest BCUT2D eigenvalue weighted by Gasteiger charge is -2.32. The van der Waals surface area contributed by atoms with Crippen LogP contribution in [-0.4, -0.2) is 40.4 Å². The Hall–Kier alpha value is -3.41. The van der Waals surface area contributed by atoms with Crippen molar-refractivity contribution in [2.24, 2.45) is 7.05 Å². The van der Waals surface area contributed by atoms with Gasteiger partial charge in [0.2, 0.25) is 5.91 Å². The summed E-state index contributed by atoms with van der Waals surface area (Å²) in [5.74, 6) is -0.0751. The first-order valence-electron chi connectivity index (χ1n) is 10.7. The van der Waals surface area contributed by atoms with Crippen molar-refractivity contribution >= 4 is 22.7 Å². The Morgan fingerprint density at radius 3 is 2.42 bits per heavy atom. The summed E-state index contributed by atoms with van der Waals surface area (Å²) in [7, 11) is 1.71. The molecule has 0 spiro atoms. The molecular formula is C25H27N3O3. The first-order valence-corrected chi connectivity index (χ1v) is 10.7. The van der Waals surface area contributed by atoms with Crippen LogP contribution in [0.15, 0.2) is 65.5 Å². The molecule has 6 heteroatoms. The van der Waals surface area contributed by atoms with Gasteiger partial charge in [-0.3, -0.25) is 14.4 Å². The summed E-state index contributed by atoms with van der Waals surface area (Å²) in [5, 5.41) is 3.89. The number of piperidine rings is 1. The van der Waals surface area contributed by atoms with E-state index in [1.165, 1.54) is 6.07 Å². The number of aromatic nitrogens is 1. The number of nitrogens with one attached hydrogen (secondary N) is 1. The molecule has 0 unspecified atom stereocenters. The molecule has 160 valence electrons. The molecule has 2 heterocycles. The van der Waals surface area contributed by atoms with Crippen molar-refractivity contribution in [3.63, 3.8) is 0 Å². The number of aryl methyl sites for hydroxylation is 2. The van der Waals surface area contributed by atoms with Gasteiger partial charge in [0.05, 0.1) is 11.1 Å². The molecule has 0 atom stereocenters. The zero-order valence-corrected chi connectivity index (χ0v) is 17.7. The Morgan fingerprint density at radius 2 is 1.68 bits per heavy atom. The minimum Gasteiger partial charge on any atom is -0.353 e. The van der Waals surface area contributed by atoms with E-state index in [-0.39, 0.29) is 23.4 Å². The fraction of sp³-hybridized carbons (Fsp3) is 0.320. The number of nitrogens with zero attached hydrogens (tertiary/aromatic N) is 2. The lowest BCUT2D eigenvalue weighted by atomic mass is 10.0. The van der Waals surface area contributed by atoms with Crippen LogP contribution >= 0.6 is 0 Å². The second-order valence-electron chi connectivity index (χ2n) is 8.09. The number of carbonyl (C=O) groups excluding carboxylic acids is 2. The van der Waals surface area contributed by atoms with Gasteiger partial charge >= 0.3 is 0 Å². The van der Waals surface area contributed by atoms with E-state index in [2.05, 4.69) is 5.32 Å². The van der Waals surface area contributed by atoms with Crippen LogP contribution in [0.25, 0.3) is 10.9 Å². The molecule has 1 fully saturated rings. The summed E-state index contributed by atoms with van der Waals surface area (Å²) in [6.07, 6.45) is 2.61. The van der Waals surface area contributed by atoms with E-state index in [0.29, 0.717) is 37.9 Å². The van der Waals surface area contributed by atoms with Crippen LogP contribution in [-0.2, 0) is 18.3 Å². The molecule has 0 aliphatic carbocycles. The largest absolute Gasteiger partial charge is 0.353 e. The first-order chi connectivity index (χ1) is 15.0. The summed E-state index contributed by atoms with van der Waals surface area (Å²) >= 11 is 0. The standard InChI is InChI=1S/C25H27N3O3/c1-27-22-10-6-5-9-20(22)21(17-24(27)30)25(31)28-15-13-19(14-16-28)26-23(29)12-11-18-7-3-2-4-8-18/h2-10,17,19H,11-16H2,1H3,(H,26,29). The van der Waals surface area contributed by atoms with Crippen LogP contribution in [0.5, 0.6) is 0 Å². The Balaban J connectivity index is 1.35. The predicted octanol–water partition coefficient (Wildman–Crippen LogP) is 2.89. The van der Waals surface area contributed by atoms with Crippen LogP contribution in [0.4, 0.5) is 0 Å². The molecule has 1 aliphatic rings. The van der Waals surface area contributed by atoms with Crippen LogP contribution in [0.1, 0.15) is 35.2 Å². The van der Waals surface area contributed by atoms with Gasteiger partial charge in [-0.25, -0.2) is 0 Å². The molecule has 2 amide bonds. The number of hydrogen-bond donors (Lipinski definition) is 1. The van der Waals surface area contributed by atoms with E-state index < -0.39 is 0 Å². The normalized spacial score (nSPS) is 14.5. The zero-order valence-electron chi connectivity index (χ0n) is 17.7. The molecule has 1 aliphatic heterocycles. The van der Waals surface area contributed by atoms with Crippen molar-refractivity contribution in [3.05, 3.63) is 82.1 Å². The summed E-state index contributed by atoms with van der Waals surface area (Å²) < 4.78 is 1.56. The Kier molecular flexibility index (Phi) is 6.16. The maximum atomic E-state index is 13.2. The number of rotatable bonds is 5. The minimum atomic E-state index is -0.192. The van der Waals surface area contributed by atoms with Crippen molar-refractivity contribution in [1.82, 2.24) is 14.8 Å². The highest BCUT2D eigenvalue weighted by Gasteiger charge is 2.26. The molecule has 0 saturated carbocycles. The minimum absolute atomic E-state index is 0.0474. The van der Waals surface area contributed by atoms with E-state index >= 15 is 0 Å². The van der Waals surface area contributed by atoms with Crippen molar-refractivity contribution in [3.8, 4) is 0 Å². The number of pyridine rings is 1. The number of fused-ring (bicyclic) bond motifs is 1. The number of benzene rings is 2. The third-order valence-corrected chi connectivity index (χ3v) is 6.02. The number of carbonyl (C=O) groups is 2. The van der Waals surface area contributed by atoms with Crippen LogP contribution in [0, 0.1) is 0 Å². The molecule has 1 N–H and O–H groups in total. The van der Waals surface area contributed by atoms with Crippen molar-refractivity contribution in [2.45, 2.75) is 31.7 Å². The molecule has 0 radical (unpaired) electrons. The summed E-state index contributed by atoms with van der Waals surface area (Å²) in [6, 6.07) is 19.0. The van der Waals surface area contributed by atoms with Crippen LogP contribution in [0.2, 0.25) is 0 Å². The summed E-state index contributed by atoms with van der Waals surface area (Å²) in [6.45, 7) is 1.12. The van der Waals surface area contributed by atoms with E-state index in [1.54, 1.807) is 16.5 Å². The van der Waals surface area contributed by atoms with E-state index in [0.717, 1.165) is 22.9 Å². The molecule has 2 aromatic carbocycles. The van der Waals surface area contributed by atoms with Gasteiger partial charge in [0.15, 0.2) is 0 Å². The van der Waals surface area contributed by atoms with Gasteiger partial charge < -0.3 is 14.8 Å². The molecule has 4 rings (SSSR count). The monoisotopic (exact) mass is 417 g/mol. The van der Waals surface area contributed by atoms with Crippen molar-refractivity contribution in [2.75, 3.05) is 13.1 Å². The first kappa shape index (κ1) is 20.8. The lowest BCUT2D eigenvalue weighted by Crippen LogP contribution is -2.46. The molecule has 1 aromatic heterocycles. The predicted molar refractivity (Wildman–Crippen MR) is 121 cm³/mol. The highest BCUT2D eigenvalue weighted by atomic mass is 16.2. The SMILES string of the molecule is Cn1c(=O)cc(C(=O)N2CCC(NC(=O)CCc3ccccc3)CC2)c2ccccc21. The van der Waals surface area contributed by atoms with E-state index in [1.807, 2.05) is 54.6 Å². The summed E-state index contributed by atoms with van der Waals surface area (Å²) in [4.78, 5) is 39.6. The fourth-order valence-corrected chi connectivity index (χ4v) is 4.19. The average molecular weight is 418 g/mol. The Morgan fingerprint density at radius 1 is 1.00 bits per heavy atom. The number of hydrogen-bond acceptors (Lipinski definition) is 3. The van der Waals surface area contributed by atoms with Gasteiger partial charge in [-0.1, -0.05) is 48.5 Å². The maximum absolute atomic E-state index is 13.2. The zero-order chi connectivity index (χ0) is 21.8. The van der Waals surface area contributed by atoms with Gasteiger partial charge in [0.25, 0.3) is 11.5 Å². The Bertz CT molecular complexity index is 1150. The highest BCUT2D eigenvalue weighted by Crippen LogP contribution is 2.20. The number of para-hydroxylation sites is 1. The smallest absolute Gasteiger partial charge is 0.254 e. The third-order valence-electron chi connectivity index (χ3n) is 6.02. The molecular weight excluding hydrogens is 390 g/mol. The third kappa shape index (κ3) is 4.68. The van der Waals surface area contributed by atoms with E-state index in [9.17, 15) is 14.4 Å². The quantitative estimate of drug-likeness (QED) is 0.694. The van der Waals surface area contributed by atoms with Gasteiger partial charge in [0.1, 0.15) is 0 Å². The van der Waals surface area contributed by atoms with Gasteiger partial charge in [-0.15, -0.1) is 0 Å². The van der Waals surface area contributed by atoms with Crippen molar-refractivity contribution < 1.29 is 9.59 Å². The lowest BCUT2D eigenvalue weighted by molar-refractivity contribution is -0.122. The topological polar surface area (TPSA) is 71.4 Å². The second kappa shape index (κ2) is 9.16. The number of amides is 2. The molecule has 3 aromatic rings. The second-order valence-corrected chi connectivity index (χ2v) is 8.09. The van der Waals surface area contributed by atoms with Gasteiger partial charge in [-0.2, -0.15) is 0 Å². The maximum Gasteiger partial charge on any atom is 0.254 e. The molecule has 1 saturated heterocycles.